The molecule has 3 rings (SSSR count). The fourth-order valence-corrected chi connectivity index (χ4v) is 3.86. The van der Waals surface area contributed by atoms with Crippen molar-refractivity contribution in [2.75, 3.05) is 7.11 Å². The lowest BCUT2D eigenvalue weighted by Gasteiger charge is -2.13. The molecule has 11 heteroatoms. The van der Waals surface area contributed by atoms with Crippen molar-refractivity contribution in [1.29, 1.82) is 5.26 Å². The van der Waals surface area contributed by atoms with Crippen molar-refractivity contribution in [3.63, 3.8) is 0 Å². The molecule has 9 nitrogen and oxygen atoms in total. The first kappa shape index (κ1) is 24.1. The molecule has 166 valence electrons. The van der Waals surface area contributed by atoms with E-state index in [9.17, 15) is 25.5 Å². The number of methoxy groups -OCH3 is 1. The molecule has 0 N–H and O–H groups in total. The van der Waals surface area contributed by atoms with Crippen LogP contribution in [0.2, 0.25) is 0 Å². The van der Waals surface area contributed by atoms with Gasteiger partial charge in [0.1, 0.15) is 0 Å². The van der Waals surface area contributed by atoms with E-state index in [2.05, 4.69) is 22.0 Å². The minimum atomic E-state index is -0.754. The number of nitro groups is 2. The van der Waals surface area contributed by atoms with Gasteiger partial charge in [-0.2, -0.15) is 5.26 Å². The number of rotatable bonds is 7. The summed E-state index contributed by atoms with van der Waals surface area (Å²) in [7, 11) is 1.41. The molecule has 0 saturated carbocycles. The van der Waals surface area contributed by atoms with Crippen molar-refractivity contribution in [1.82, 2.24) is 0 Å². The zero-order valence-electron chi connectivity index (χ0n) is 16.8. The van der Waals surface area contributed by atoms with Gasteiger partial charge in [-0.3, -0.25) is 20.2 Å². The van der Waals surface area contributed by atoms with E-state index in [1.807, 2.05) is 46.9 Å². The number of nitriles is 1. The second kappa shape index (κ2) is 10.4. The summed E-state index contributed by atoms with van der Waals surface area (Å²) in [4.78, 5) is 20.9. The van der Waals surface area contributed by atoms with Crippen LogP contribution in [0.1, 0.15) is 11.1 Å². The van der Waals surface area contributed by atoms with Gasteiger partial charge in [0.2, 0.25) is 5.75 Å². The number of nitro benzene ring substituents is 2. The van der Waals surface area contributed by atoms with Gasteiger partial charge >= 0.3 is 5.69 Å². The summed E-state index contributed by atoms with van der Waals surface area (Å²) in [6.45, 7) is 0. The van der Waals surface area contributed by atoms with Crippen LogP contribution in [0, 0.1) is 35.1 Å². The number of allylic oxidation sites excluding steroid dienone is 1. The molecule has 0 fully saturated rings. The smallest absolute Gasteiger partial charge is 0.318 e. The summed E-state index contributed by atoms with van der Waals surface area (Å²) >= 11 is 5.35. The Morgan fingerprint density at radius 3 is 2.33 bits per heavy atom. The maximum atomic E-state index is 11.4. The van der Waals surface area contributed by atoms with Gasteiger partial charge in [0.15, 0.2) is 11.5 Å². The zero-order valence-corrected chi connectivity index (χ0v) is 20.6. The van der Waals surface area contributed by atoms with E-state index in [-0.39, 0.29) is 17.2 Å². The van der Waals surface area contributed by atoms with Crippen molar-refractivity contribution in [2.24, 2.45) is 0 Å². The largest absolute Gasteiger partial charge is 0.493 e. The fraction of sp³-hybridized carbons (Fsp3) is 0.0455. The summed E-state index contributed by atoms with van der Waals surface area (Å²) in [5, 5.41) is 32.0. The average Bonchev–Trinajstić information content (AvgIpc) is 2.79. The van der Waals surface area contributed by atoms with Gasteiger partial charge in [-0.1, -0.05) is 28.1 Å². The first-order valence-electron chi connectivity index (χ1n) is 9.09. The molecular formula is C22H13BrIN3O6. The van der Waals surface area contributed by atoms with E-state index < -0.39 is 21.2 Å². The van der Waals surface area contributed by atoms with Crippen molar-refractivity contribution in [3.8, 4) is 23.3 Å². The lowest BCUT2D eigenvalue weighted by Crippen LogP contribution is -1.99. The molecule has 0 bridgehead atoms. The molecule has 3 aromatic rings. The summed E-state index contributed by atoms with van der Waals surface area (Å²) in [6.07, 6.45) is 1.69. The zero-order chi connectivity index (χ0) is 24.1. The third-order valence-electron chi connectivity index (χ3n) is 4.40. The minimum absolute atomic E-state index is 0.169. The highest BCUT2D eigenvalue weighted by Gasteiger charge is 2.23. The predicted octanol–water partition coefficient (Wildman–Crippen LogP) is 6.74. The number of hydrogen-bond donors (Lipinski definition) is 0. The third kappa shape index (κ3) is 5.65. The standard InChI is InChI=1S/C22H13BrIN3O6/c1-32-21-10-13(8-15(12-25)14-2-4-16(23)5-3-14)9-18(24)22(21)33-20-7-6-17(26(28)29)11-19(20)27(30)31/h2-11H,1H3/b15-8+. The van der Waals surface area contributed by atoms with E-state index >= 15 is 0 Å². The summed E-state index contributed by atoms with van der Waals surface area (Å²) in [5.74, 6) is 0.306. The van der Waals surface area contributed by atoms with Crippen LogP contribution in [0.3, 0.4) is 0 Å². The lowest BCUT2D eigenvalue weighted by atomic mass is 10.0. The minimum Gasteiger partial charge on any atom is -0.493 e. The Balaban J connectivity index is 2.03. The molecule has 0 atom stereocenters. The maximum Gasteiger partial charge on any atom is 0.318 e. The lowest BCUT2D eigenvalue weighted by molar-refractivity contribution is -0.394. The molecule has 0 aliphatic rings. The van der Waals surface area contributed by atoms with Gasteiger partial charge in [0.05, 0.1) is 38.2 Å². The van der Waals surface area contributed by atoms with Crippen LogP contribution in [0.25, 0.3) is 11.6 Å². The van der Waals surface area contributed by atoms with E-state index in [0.717, 1.165) is 22.2 Å². The first-order chi connectivity index (χ1) is 15.7. The quantitative estimate of drug-likeness (QED) is 0.0939. The van der Waals surface area contributed by atoms with Crippen LogP contribution in [-0.2, 0) is 0 Å². The predicted molar refractivity (Wildman–Crippen MR) is 133 cm³/mol. The number of halogens is 2. The normalized spacial score (nSPS) is 10.9. The Morgan fingerprint density at radius 1 is 1.06 bits per heavy atom. The van der Waals surface area contributed by atoms with E-state index in [1.54, 1.807) is 18.2 Å². The highest BCUT2D eigenvalue weighted by molar-refractivity contribution is 14.1. The number of hydrogen-bond acceptors (Lipinski definition) is 7. The van der Waals surface area contributed by atoms with Gasteiger partial charge in [-0.15, -0.1) is 0 Å². The van der Waals surface area contributed by atoms with Crippen molar-refractivity contribution < 1.29 is 19.3 Å². The van der Waals surface area contributed by atoms with E-state index in [4.69, 9.17) is 9.47 Å². The molecule has 0 aliphatic heterocycles. The number of nitrogens with zero attached hydrogens (tertiary/aromatic N) is 3. The number of non-ortho nitro benzene ring substituents is 1. The van der Waals surface area contributed by atoms with Crippen molar-refractivity contribution >= 4 is 61.5 Å². The SMILES string of the molecule is COc1cc(/C=C(\C#N)c2ccc(Br)cc2)cc(I)c1Oc1ccc([N+](=O)[O-])cc1[N+](=O)[O-]. The fourth-order valence-electron chi connectivity index (χ4n) is 2.86. The first-order valence-corrected chi connectivity index (χ1v) is 11.0. The Kier molecular flexibility index (Phi) is 7.62. The van der Waals surface area contributed by atoms with Gasteiger partial charge < -0.3 is 9.47 Å². The molecule has 0 spiro atoms. The van der Waals surface area contributed by atoms with Gasteiger partial charge in [-0.25, -0.2) is 0 Å². The number of ether oxygens (including phenoxy) is 2. The van der Waals surface area contributed by atoms with Crippen LogP contribution in [0.5, 0.6) is 17.2 Å². The monoisotopic (exact) mass is 621 g/mol. The molecule has 0 aromatic heterocycles. The molecule has 0 unspecified atom stereocenters. The average molecular weight is 622 g/mol. The van der Waals surface area contributed by atoms with Crippen LogP contribution < -0.4 is 9.47 Å². The van der Waals surface area contributed by atoms with E-state index in [1.165, 1.54) is 13.2 Å². The Morgan fingerprint density at radius 2 is 1.76 bits per heavy atom. The van der Waals surface area contributed by atoms with Crippen LogP contribution in [0.15, 0.2) is 59.1 Å². The van der Waals surface area contributed by atoms with Gasteiger partial charge in [-0.05, 0) is 70.1 Å². The topological polar surface area (TPSA) is 129 Å². The molecule has 0 amide bonds. The molecule has 3 aromatic carbocycles. The second-order valence-corrected chi connectivity index (χ2v) is 8.56. The van der Waals surface area contributed by atoms with Crippen molar-refractivity contribution in [3.05, 3.63) is 94.0 Å². The Hall–Kier alpha value is -3.50. The number of benzene rings is 3. The molecule has 33 heavy (non-hydrogen) atoms. The van der Waals surface area contributed by atoms with Crippen LogP contribution in [-0.4, -0.2) is 17.0 Å². The van der Waals surface area contributed by atoms with Crippen molar-refractivity contribution in [2.45, 2.75) is 0 Å². The molecular weight excluding hydrogens is 609 g/mol. The van der Waals surface area contributed by atoms with Crippen LogP contribution in [0.4, 0.5) is 11.4 Å². The van der Waals surface area contributed by atoms with Crippen LogP contribution >= 0.6 is 38.5 Å². The summed E-state index contributed by atoms with van der Waals surface area (Å²) < 4.78 is 12.6. The molecule has 0 radical (unpaired) electrons. The Bertz CT molecular complexity index is 1320. The second-order valence-electron chi connectivity index (χ2n) is 6.48. The Labute approximate surface area is 209 Å². The highest BCUT2D eigenvalue weighted by Crippen LogP contribution is 2.41. The van der Waals surface area contributed by atoms with Gasteiger partial charge in [0, 0.05) is 10.5 Å². The van der Waals surface area contributed by atoms with Gasteiger partial charge in [0.25, 0.3) is 5.69 Å². The highest BCUT2D eigenvalue weighted by atomic mass is 127. The van der Waals surface area contributed by atoms with E-state index in [0.29, 0.717) is 14.7 Å². The maximum absolute atomic E-state index is 11.4. The summed E-state index contributed by atoms with van der Waals surface area (Å²) in [5.41, 5.74) is 0.846. The molecule has 0 heterocycles. The third-order valence-corrected chi connectivity index (χ3v) is 5.73. The molecule has 0 aliphatic carbocycles. The summed E-state index contributed by atoms with van der Waals surface area (Å²) in [6, 6.07) is 15.9. The molecule has 0 saturated heterocycles.